The summed E-state index contributed by atoms with van der Waals surface area (Å²) in [6, 6.07) is 53.2. The van der Waals surface area contributed by atoms with Crippen molar-refractivity contribution >= 4 is 29.7 Å². The van der Waals surface area contributed by atoms with Crippen LogP contribution in [0.4, 0.5) is 5.82 Å². The lowest BCUT2D eigenvalue weighted by Gasteiger charge is -2.20. The minimum atomic E-state index is -0.627. The third-order valence-electron chi connectivity index (χ3n) is 6.91. The number of benzene rings is 5. The lowest BCUT2D eigenvalue weighted by Crippen LogP contribution is -2.20. The Labute approximate surface area is 237 Å². The Hall–Kier alpha value is -4.56. The highest BCUT2D eigenvalue weighted by Gasteiger charge is 2.16. The molecule has 194 valence electrons. The normalized spacial score (nSPS) is 11.8. The number of nitrogens with two attached hydrogens (primary N) is 1. The molecule has 0 aliphatic rings. The Morgan fingerprint density at radius 3 is 1.62 bits per heavy atom. The highest BCUT2D eigenvalue weighted by atomic mass is 31.1. The topological polar surface area (TPSA) is 50.9 Å². The van der Waals surface area contributed by atoms with Gasteiger partial charge in [0.2, 0.25) is 0 Å². The molecule has 0 radical (unpaired) electrons. The van der Waals surface area contributed by atoms with Gasteiger partial charge in [0.1, 0.15) is 12.0 Å². The third-order valence-corrected chi connectivity index (χ3v) is 9.35. The molecular formula is C36H30N3P. The van der Waals surface area contributed by atoms with E-state index in [0.29, 0.717) is 0 Å². The van der Waals surface area contributed by atoms with Gasteiger partial charge in [0.25, 0.3) is 0 Å². The second-order valence-corrected chi connectivity index (χ2v) is 11.8. The molecule has 3 N–H and O–H groups in total. The first-order chi connectivity index (χ1) is 19.7. The Morgan fingerprint density at radius 2 is 1.02 bits per heavy atom. The van der Waals surface area contributed by atoms with Gasteiger partial charge in [-0.15, -0.1) is 0 Å². The summed E-state index contributed by atoms with van der Waals surface area (Å²) >= 11 is 0. The van der Waals surface area contributed by atoms with E-state index >= 15 is 0 Å². The number of nitrogens with one attached hydrogen (secondary N) is 1. The van der Waals surface area contributed by atoms with E-state index in [1.165, 1.54) is 21.5 Å². The average molecular weight is 536 g/mol. The molecule has 0 aliphatic heterocycles. The minimum absolute atomic E-state index is 0.377. The van der Waals surface area contributed by atoms with Gasteiger partial charge in [-0.25, -0.2) is 4.98 Å². The number of pyridine rings is 1. The van der Waals surface area contributed by atoms with Gasteiger partial charge in [-0.2, -0.15) is 0 Å². The first-order valence-electron chi connectivity index (χ1n) is 13.4. The van der Waals surface area contributed by atoms with Gasteiger partial charge in [0.05, 0.1) is 0 Å². The Bertz CT molecular complexity index is 1610. The summed E-state index contributed by atoms with van der Waals surface area (Å²) in [7, 11) is -0.627. The smallest absolute Gasteiger partial charge is 0.127 e. The number of hydrogen-bond acceptors (Lipinski definition) is 3. The van der Waals surface area contributed by atoms with Crippen LogP contribution in [-0.4, -0.2) is 4.98 Å². The van der Waals surface area contributed by atoms with E-state index in [1.807, 2.05) is 30.5 Å². The van der Waals surface area contributed by atoms with Crippen molar-refractivity contribution in [1.29, 1.82) is 0 Å². The maximum Gasteiger partial charge on any atom is 0.127 e. The van der Waals surface area contributed by atoms with Crippen LogP contribution < -0.4 is 27.0 Å². The number of nitrogens with zero attached hydrogens (tertiary/aromatic N) is 1. The first kappa shape index (κ1) is 25.7. The van der Waals surface area contributed by atoms with E-state index in [1.54, 1.807) is 0 Å². The summed E-state index contributed by atoms with van der Waals surface area (Å²) in [4.78, 5) is 4.59. The van der Waals surface area contributed by atoms with Gasteiger partial charge in [0.15, 0.2) is 0 Å². The number of rotatable bonds is 8. The van der Waals surface area contributed by atoms with Crippen molar-refractivity contribution in [2.45, 2.75) is 6.17 Å². The average Bonchev–Trinajstić information content (AvgIpc) is 3.03. The van der Waals surface area contributed by atoms with Gasteiger partial charge in [0, 0.05) is 11.8 Å². The molecule has 1 atom stereocenters. The van der Waals surface area contributed by atoms with Crippen molar-refractivity contribution in [2.24, 2.45) is 5.73 Å². The first-order valence-corrected chi connectivity index (χ1v) is 14.7. The second-order valence-electron chi connectivity index (χ2n) is 9.60. The van der Waals surface area contributed by atoms with Crippen LogP contribution >= 0.6 is 7.92 Å². The molecule has 0 amide bonds. The maximum atomic E-state index is 6.57. The van der Waals surface area contributed by atoms with Crippen molar-refractivity contribution in [2.75, 3.05) is 5.32 Å². The van der Waals surface area contributed by atoms with Gasteiger partial charge in [-0.3, -0.25) is 0 Å². The molecule has 1 aromatic heterocycles. The molecule has 3 nitrogen and oxygen atoms in total. The summed E-state index contributed by atoms with van der Waals surface area (Å²) in [5.41, 5.74) is 12.1. The molecule has 0 saturated carbocycles. The molecule has 5 aromatic carbocycles. The molecule has 4 heteroatoms. The monoisotopic (exact) mass is 535 g/mol. The van der Waals surface area contributed by atoms with Crippen LogP contribution in [0.25, 0.3) is 22.3 Å². The Balaban J connectivity index is 1.20. The number of hydrogen-bond donors (Lipinski definition) is 2. The van der Waals surface area contributed by atoms with Crippen LogP contribution in [0.1, 0.15) is 11.7 Å². The number of aromatic nitrogens is 1. The Kier molecular flexibility index (Phi) is 7.77. The lowest BCUT2D eigenvalue weighted by atomic mass is 10.0. The van der Waals surface area contributed by atoms with E-state index in [4.69, 9.17) is 5.73 Å². The SMILES string of the molecule is NC(Nc1ccc(-c2ccccc2)cn1)c1cccc(-c2ccc(P(c3ccccc3)c3ccccc3)cc2)c1. The molecule has 0 saturated heterocycles. The maximum absolute atomic E-state index is 6.57. The van der Waals surface area contributed by atoms with E-state index in [0.717, 1.165) is 28.1 Å². The van der Waals surface area contributed by atoms with Crippen LogP contribution in [0.5, 0.6) is 0 Å². The molecule has 6 aromatic rings. The Morgan fingerprint density at radius 1 is 0.500 bits per heavy atom. The summed E-state index contributed by atoms with van der Waals surface area (Å²) in [5.74, 6) is 0.747. The fourth-order valence-electron chi connectivity index (χ4n) is 4.84. The standard InChI is InChI=1S/C36H30N3P/c37-36(39-35-24-21-31(26-38-35)27-11-4-1-5-12-27)30-14-10-13-29(25-30)28-19-22-34(23-20-28)40(32-15-6-2-7-16-32)33-17-8-3-9-18-33/h1-26,36H,37H2,(H,38,39). The van der Waals surface area contributed by atoms with E-state index < -0.39 is 7.92 Å². The molecule has 0 aliphatic carbocycles. The van der Waals surface area contributed by atoms with Crippen molar-refractivity contribution in [3.05, 3.63) is 163 Å². The quantitative estimate of drug-likeness (QED) is 0.160. The van der Waals surface area contributed by atoms with Crippen molar-refractivity contribution in [3.8, 4) is 22.3 Å². The summed E-state index contributed by atoms with van der Waals surface area (Å²) in [6.07, 6.45) is 1.50. The van der Waals surface area contributed by atoms with Crippen LogP contribution in [0.2, 0.25) is 0 Å². The van der Waals surface area contributed by atoms with E-state index in [2.05, 4.69) is 138 Å². The zero-order valence-electron chi connectivity index (χ0n) is 22.1. The van der Waals surface area contributed by atoms with Crippen LogP contribution in [0.15, 0.2) is 158 Å². The third kappa shape index (κ3) is 5.87. The van der Waals surface area contributed by atoms with E-state index in [-0.39, 0.29) is 6.17 Å². The van der Waals surface area contributed by atoms with Gasteiger partial charge in [-0.1, -0.05) is 133 Å². The zero-order valence-corrected chi connectivity index (χ0v) is 23.0. The summed E-state index contributed by atoms with van der Waals surface area (Å²) < 4.78 is 0. The predicted octanol–water partition coefficient (Wildman–Crippen LogP) is 7.24. The van der Waals surface area contributed by atoms with Crippen LogP contribution in [0, 0.1) is 0 Å². The van der Waals surface area contributed by atoms with Gasteiger partial charge in [-0.05, 0) is 64.3 Å². The molecule has 0 fully saturated rings. The fraction of sp³-hybridized carbons (Fsp3) is 0.0278. The van der Waals surface area contributed by atoms with E-state index in [9.17, 15) is 0 Å². The van der Waals surface area contributed by atoms with Gasteiger partial charge < -0.3 is 11.1 Å². The summed E-state index contributed by atoms with van der Waals surface area (Å²) in [5, 5.41) is 7.37. The fourth-order valence-corrected chi connectivity index (χ4v) is 7.12. The molecule has 0 bridgehead atoms. The minimum Gasteiger partial charge on any atom is -0.351 e. The second kappa shape index (κ2) is 12.1. The largest absolute Gasteiger partial charge is 0.351 e. The number of anilines is 1. The molecule has 0 spiro atoms. The van der Waals surface area contributed by atoms with Crippen LogP contribution in [-0.2, 0) is 0 Å². The lowest BCUT2D eigenvalue weighted by molar-refractivity contribution is 0.829. The zero-order chi connectivity index (χ0) is 27.1. The van der Waals surface area contributed by atoms with Gasteiger partial charge >= 0.3 is 0 Å². The van der Waals surface area contributed by atoms with Crippen LogP contribution in [0.3, 0.4) is 0 Å². The molecule has 40 heavy (non-hydrogen) atoms. The molecule has 1 heterocycles. The molecule has 6 rings (SSSR count). The van der Waals surface area contributed by atoms with Crippen molar-refractivity contribution in [3.63, 3.8) is 0 Å². The highest BCUT2D eigenvalue weighted by molar-refractivity contribution is 7.79. The molecular weight excluding hydrogens is 505 g/mol. The highest BCUT2D eigenvalue weighted by Crippen LogP contribution is 2.33. The molecule has 1 unspecified atom stereocenters. The summed E-state index contributed by atoms with van der Waals surface area (Å²) in [6.45, 7) is 0. The van der Waals surface area contributed by atoms with Crippen molar-refractivity contribution in [1.82, 2.24) is 4.98 Å². The van der Waals surface area contributed by atoms with Crippen molar-refractivity contribution < 1.29 is 0 Å². The predicted molar refractivity (Wildman–Crippen MR) is 171 cm³/mol.